The summed E-state index contributed by atoms with van der Waals surface area (Å²) < 4.78 is 16.5. The molecule has 1 aliphatic heterocycles. The van der Waals surface area contributed by atoms with Gasteiger partial charge in [0.25, 0.3) is 0 Å². The fourth-order valence-corrected chi connectivity index (χ4v) is 4.51. The SMILES string of the molecule is COCCN(CC(=O)N1CCc2sccc2[C@H]1COc1ccccc1OC)C(C)=O. The van der Waals surface area contributed by atoms with E-state index in [0.29, 0.717) is 37.8 Å². The van der Waals surface area contributed by atoms with Crippen molar-refractivity contribution >= 4 is 23.2 Å². The van der Waals surface area contributed by atoms with Crippen LogP contribution >= 0.6 is 11.3 Å². The zero-order valence-electron chi connectivity index (χ0n) is 17.6. The standard InChI is InChI=1S/C22H28N2O5S/c1-16(25)23(11-12-27-2)14-22(26)24-10-8-21-17(9-13-30-21)18(24)15-29-20-7-5-4-6-19(20)28-3/h4-7,9,13,18H,8,10-12,14-15H2,1-3H3/t18-/m1/s1. The lowest BCUT2D eigenvalue weighted by molar-refractivity contribution is -0.142. The molecular weight excluding hydrogens is 404 g/mol. The molecule has 2 amide bonds. The second kappa shape index (κ2) is 10.4. The average Bonchev–Trinajstić information content (AvgIpc) is 3.23. The van der Waals surface area contributed by atoms with Gasteiger partial charge in [0.15, 0.2) is 11.5 Å². The molecule has 7 nitrogen and oxygen atoms in total. The smallest absolute Gasteiger partial charge is 0.242 e. The first-order valence-electron chi connectivity index (χ1n) is 9.91. The molecule has 0 bridgehead atoms. The molecule has 3 rings (SSSR count). The Morgan fingerprint density at radius 1 is 1.20 bits per heavy atom. The minimum Gasteiger partial charge on any atom is -0.493 e. The molecule has 162 valence electrons. The van der Waals surface area contributed by atoms with E-state index in [1.54, 1.807) is 25.6 Å². The van der Waals surface area contributed by atoms with Gasteiger partial charge >= 0.3 is 0 Å². The highest BCUT2D eigenvalue weighted by atomic mass is 32.1. The lowest BCUT2D eigenvalue weighted by atomic mass is 10.0. The molecule has 0 saturated carbocycles. The fraction of sp³-hybridized carbons (Fsp3) is 0.455. The van der Waals surface area contributed by atoms with Gasteiger partial charge in [-0.25, -0.2) is 0 Å². The third kappa shape index (κ3) is 5.12. The van der Waals surface area contributed by atoms with Crippen molar-refractivity contribution in [3.8, 4) is 11.5 Å². The van der Waals surface area contributed by atoms with E-state index < -0.39 is 0 Å². The topological polar surface area (TPSA) is 68.3 Å². The molecule has 0 spiro atoms. The van der Waals surface area contributed by atoms with Crippen LogP contribution in [-0.2, 0) is 20.7 Å². The molecule has 30 heavy (non-hydrogen) atoms. The molecular formula is C22H28N2O5S. The monoisotopic (exact) mass is 432 g/mol. The van der Waals surface area contributed by atoms with Gasteiger partial charge in [-0.15, -0.1) is 11.3 Å². The van der Waals surface area contributed by atoms with Crippen LogP contribution in [0.5, 0.6) is 11.5 Å². The Morgan fingerprint density at radius 2 is 1.97 bits per heavy atom. The highest BCUT2D eigenvalue weighted by Gasteiger charge is 2.33. The van der Waals surface area contributed by atoms with Crippen molar-refractivity contribution in [3.05, 3.63) is 46.2 Å². The number of carbonyl (C=O) groups excluding carboxylic acids is 2. The van der Waals surface area contributed by atoms with E-state index in [-0.39, 0.29) is 24.4 Å². The van der Waals surface area contributed by atoms with Crippen molar-refractivity contribution in [2.75, 3.05) is 47.1 Å². The molecule has 1 aromatic carbocycles. The van der Waals surface area contributed by atoms with Crippen LogP contribution in [0.15, 0.2) is 35.7 Å². The number of benzene rings is 1. The maximum atomic E-state index is 13.2. The minimum atomic E-state index is -0.214. The Hall–Kier alpha value is -2.58. The first kappa shape index (κ1) is 22.1. The van der Waals surface area contributed by atoms with E-state index >= 15 is 0 Å². The van der Waals surface area contributed by atoms with Crippen LogP contribution in [0.1, 0.15) is 23.4 Å². The van der Waals surface area contributed by atoms with Crippen molar-refractivity contribution in [3.63, 3.8) is 0 Å². The van der Waals surface area contributed by atoms with E-state index in [9.17, 15) is 9.59 Å². The maximum Gasteiger partial charge on any atom is 0.242 e. The van der Waals surface area contributed by atoms with E-state index in [4.69, 9.17) is 14.2 Å². The van der Waals surface area contributed by atoms with Crippen LogP contribution in [0, 0.1) is 0 Å². The summed E-state index contributed by atoms with van der Waals surface area (Å²) in [6.45, 7) is 3.19. The second-order valence-corrected chi connectivity index (χ2v) is 8.05. The number of para-hydroxylation sites is 2. The minimum absolute atomic E-state index is 0.0311. The second-order valence-electron chi connectivity index (χ2n) is 7.05. The molecule has 1 aliphatic rings. The largest absolute Gasteiger partial charge is 0.493 e. The van der Waals surface area contributed by atoms with Crippen molar-refractivity contribution < 1.29 is 23.8 Å². The molecule has 0 aliphatic carbocycles. The molecule has 8 heteroatoms. The Balaban J connectivity index is 1.77. The lowest BCUT2D eigenvalue weighted by Gasteiger charge is -2.37. The van der Waals surface area contributed by atoms with Crippen molar-refractivity contribution in [2.45, 2.75) is 19.4 Å². The summed E-state index contributed by atoms with van der Waals surface area (Å²) in [5, 5.41) is 2.05. The fourth-order valence-electron chi connectivity index (χ4n) is 3.58. The third-order valence-electron chi connectivity index (χ3n) is 5.22. The highest BCUT2D eigenvalue weighted by Crippen LogP contribution is 2.35. The van der Waals surface area contributed by atoms with Crippen LogP contribution in [-0.4, -0.2) is 68.7 Å². The normalized spacial score (nSPS) is 15.4. The Labute approximate surface area is 181 Å². The summed E-state index contributed by atoms with van der Waals surface area (Å²) in [7, 11) is 3.18. The van der Waals surface area contributed by atoms with Gasteiger partial charge < -0.3 is 24.0 Å². The number of nitrogens with zero attached hydrogens (tertiary/aromatic N) is 2. The van der Waals surface area contributed by atoms with Crippen LogP contribution in [0.25, 0.3) is 0 Å². The summed E-state index contributed by atoms with van der Waals surface area (Å²) in [5.74, 6) is 1.06. The van der Waals surface area contributed by atoms with E-state index in [0.717, 1.165) is 12.0 Å². The summed E-state index contributed by atoms with van der Waals surface area (Å²) in [4.78, 5) is 29.7. The van der Waals surface area contributed by atoms with Gasteiger partial charge in [-0.3, -0.25) is 9.59 Å². The number of methoxy groups -OCH3 is 2. The molecule has 0 unspecified atom stereocenters. The van der Waals surface area contributed by atoms with E-state index in [2.05, 4.69) is 11.4 Å². The molecule has 1 aromatic heterocycles. The van der Waals surface area contributed by atoms with Gasteiger partial charge in [0, 0.05) is 32.0 Å². The van der Waals surface area contributed by atoms with Crippen molar-refractivity contribution in [1.82, 2.24) is 9.80 Å². The highest BCUT2D eigenvalue weighted by molar-refractivity contribution is 7.10. The molecule has 2 aromatic rings. The quantitative estimate of drug-likeness (QED) is 0.610. The van der Waals surface area contributed by atoms with Gasteiger partial charge in [-0.05, 0) is 35.6 Å². The number of thiophene rings is 1. The molecule has 2 heterocycles. The average molecular weight is 433 g/mol. The van der Waals surface area contributed by atoms with Gasteiger partial charge in [-0.2, -0.15) is 0 Å². The van der Waals surface area contributed by atoms with Crippen LogP contribution in [0.2, 0.25) is 0 Å². The zero-order chi connectivity index (χ0) is 21.5. The summed E-state index contributed by atoms with van der Waals surface area (Å²) >= 11 is 1.70. The zero-order valence-corrected chi connectivity index (χ0v) is 18.4. The lowest BCUT2D eigenvalue weighted by Crippen LogP contribution is -2.48. The number of fused-ring (bicyclic) bond motifs is 1. The van der Waals surface area contributed by atoms with E-state index in [1.807, 2.05) is 29.2 Å². The Kier molecular flexibility index (Phi) is 7.70. The van der Waals surface area contributed by atoms with Crippen molar-refractivity contribution in [1.29, 1.82) is 0 Å². The van der Waals surface area contributed by atoms with Gasteiger partial charge in [0.05, 0.1) is 26.3 Å². The van der Waals surface area contributed by atoms with Gasteiger partial charge in [-0.1, -0.05) is 12.1 Å². The van der Waals surface area contributed by atoms with E-state index in [1.165, 1.54) is 16.7 Å². The summed E-state index contributed by atoms with van der Waals surface area (Å²) in [5.41, 5.74) is 1.11. The third-order valence-corrected chi connectivity index (χ3v) is 6.21. The van der Waals surface area contributed by atoms with Crippen LogP contribution in [0.4, 0.5) is 0 Å². The number of ether oxygens (including phenoxy) is 3. The first-order chi connectivity index (χ1) is 14.5. The van der Waals surface area contributed by atoms with Crippen LogP contribution < -0.4 is 9.47 Å². The summed E-state index contributed by atoms with van der Waals surface area (Å²) in [6.07, 6.45) is 0.808. The van der Waals surface area contributed by atoms with Crippen molar-refractivity contribution in [2.24, 2.45) is 0 Å². The van der Waals surface area contributed by atoms with Crippen LogP contribution in [0.3, 0.4) is 0 Å². The predicted octanol–water partition coefficient (Wildman–Crippen LogP) is 2.76. The maximum absolute atomic E-state index is 13.2. The molecule has 0 radical (unpaired) electrons. The first-order valence-corrected chi connectivity index (χ1v) is 10.8. The molecule has 0 N–H and O–H groups in total. The van der Waals surface area contributed by atoms with Gasteiger partial charge in [0.2, 0.25) is 11.8 Å². The predicted molar refractivity (Wildman–Crippen MR) is 115 cm³/mol. The number of amides is 2. The number of hydrogen-bond acceptors (Lipinski definition) is 6. The van der Waals surface area contributed by atoms with Gasteiger partial charge in [0.1, 0.15) is 6.61 Å². The number of rotatable bonds is 9. The molecule has 1 atom stereocenters. The Morgan fingerprint density at radius 3 is 2.67 bits per heavy atom. The molecule has 0 saturated heterocycles. The number of hydrogen-bond donors (Lipinski definition) is 0. The molecule has 0 fully saturated rings. The number of carbonyl (C=O) groups is 2. The summed E-state index contributed by atoms with van der Waals surface area (Å²) in [6, 6.07) is 9.31. The Bertz CT molecular complexity index is 869.